The van der Waals surface area contributed by atoms with E-state index in [-0.39, 0.29) is 11.6 Å². The molecule has 9 rings (SSSR count). The van der Waals surface area contributed by atoms with E-state index >= 15 is 0 Å². The molecule has 0 aliphatic heterocycles. The van der Waals surface area contributed by atoms with Crippen LogP contribution >= 0.6 is 0 Å². The van der Waals surface area contributed by atoms with Crippen molar-refractivity contribution in [2.24, 2.45) is 0 Å². The summed E-state index contributed by atoms with van der Waals surface area (Å²) in [6, 6.07) is 52.6. The molecule has 2 aromatic heterocycles. The van der Waals surface area contributed by atoms with Crippen molar-refractivity contribution in [3.63, 3.8) is 0 Å². The summed E-state index contributed by atoms with van der Waals surface area (Å²) in [5.74, 6) is -0.458. The van der Waals surface area contributed by atoms with Gasteiger partial charge >= 0.3 is 0 Å². The van der Waals surface area contributed by atoms with Crippen molar-refractivity contribution >= 4 is 60.7 Å². The van der Waals surface area contributed by atoms with E-state index in [4.69, 9.17) is 0 Å². The molecule has 0 spiro atoms. The maximum absolute atomic E-state index is 13.7. The first-order chi connectivity index (χ1) is 24.5. The molecular formula is C45H33F2N3. The Bertz CT molecular complexity index is 2500. The van der Waals surface area contributed by atoms with E-state index < -0.39 is 0 Å². The SMILES string of the molecule is Cc1ccc(N(c2ccc3c(c2)c2ccccc2n3Cc2ccc(F)cc2)c2ccc3c(c2)c2ccccc2n3Cc2ccc(F)cc2)cc1. The fraction of sp³-hybridized carbons (Fsp3) is 0.0667. The fourth-order valence-electron chi connectivity index (χ4n) is 7.39. The molecule has 50 heavy (non-hydrogen) atoms. The minimum atomic E-state index is -0.229. The van der Waals surface area contributed by atoms with E-state index in [0.717, 1.165) is 61.0 Å². The van der Waals surface area contributed by atoms with Gasteiger partial charge in [0.25, 0.3) is 0 Å². The van der Waals surface area contributed by atoms with Gasteiger partial charge in [-0.25, -0.2) is 8.78 Å². The monoisotopic (exact) mass is 653 g/mol. The lowest BCUT2D eigenvalue weighted by Gasteiger charge is -2.26. The van der Waals surface area contributed by atoms with Crippen molar-refractivity contribution in [2.75, 3.05) is 4.90 Å². The highest BCUT2D eigenvalue weighted by Crippen LogP contribution is 2.41. The van der Waals surface area contributed by atoms with Crippen molar-refractivity contribution < 1.29 is 8.78 Å². The standard InChI is InChI=1S/C45H33F2N3/c1-30-10-20-35(21-11-30)50(36-22-24-44-40(26-36)38-6-2-4-8-42(38)48(44)28-31-12-16-33(46)17-13-31)37-23-25-45-41(27-37)39-7-3-5-9-43(39)49(45)29-32-14-18-34(47)19-15-32/h2-27H,28-29H2,1H3. The van der Waals surface area contributed by atoms with Crippen molar-refractivity contribution in [3.8, 4) is 0 Å². The summed E-state index contributed by atoms with van der Waals surface area (Å²) < 4.78 is 32.1. The van der Waals surface area contributed by atoms with Crippen molar-refractivity contribution in [2.45, 2.75) is 20.0 Å². The average Bonchev–Trinajstić information content (AvgIpc) is 3.62. The molecule has 9 aromatic rings. The maximum Gasteiger partial charge on any atom is 0.123 e. The van der Waals surface area contributed by atoms with Gasteiger partial charge < -0.3 is 14.0 Å². The molecule has 5 heteroatoms. The largest absolute Gasteiger partial charge is 0.336 e. The zero-order valence-corrected chi connectivity index (χ0v) is 27.5. The second-order valence-electron chi connectivity index (χ2n) is 13.0. The first-order valence-corrected chi connectivity index (χ1v) is 16.9. The number of anilines is 3. The molecule has 0 N–H and O–H groups in total. The molecule has 0 atom stereocenters. The number of hydrogen-bond donors (Lipinski definition) is 0. The Morgan fingerprint density at radius 1 is 0.420 bits per heavy atom. The number of nitrogens with zero attached hydrogens (tertiary/aromatic N) is 3. The van der Waals surface area contributed by atoms with E-state index in [1.807, 2.05) is 24.3 Å². The van der Waals surface area contributed by atoms with Crippen LogP contribution in [0.4, 0.5) is 25.8 Å². The van der Waals surface area contributed by atoms with Gasteiger partial charge in [0, 0.05) is 73.8 Å². The Hall–Kier alpha value is -6.20. The van der Waals surface area contributed by atoms with Gasteiger partial charge in [-0.05, 0) is 103 Å². The van der Waals surface area contributed by atoms with Crippen LogP contribution in [0.15, 0.2) is 158 Å². The molecule has 0 saturated carbocycles. The van der Waals surface area contributed by atoms with Crippen molar-refractivity contribution in [3.05, 3.63) is 186 Å². The third-order valence-corrected chi connectivity index (χ3v) is 9.83. The maximum atomic E-state index is 13.7. The Balaban J connectivity index is 1.21. The molecule has 0 radical (unpaired) electrons. The lowest BCUT2D eigenvalue weighted by atomic mass is 10.1. The summed E-state index contributed by atoms with van der Waals surface area (Å²) in [5, 5.41) is 4.67. The Labute approximate surface area is 288 Å². The van der Waals surface area contributed by atoms with Gasteiger partial charge in [-0.1, -0.05) is 78.4 Å². The third kappa shape index (κ3) is 5.19. The molecule has 0 aliphatic carbocycles. The molecule has 0 unspecified atom stereocenters. The molecule has 3 nitrogen and oxygen atoms in total. The van der Waals surface area contributed by atoms with Crippen molar-refractivity contribution in [1.29, 1.82) is 0 Å². The van der Waals surface area contributed by atoms with E-state index in [2.05, 4.69) is 130 Å². The van der Waals surface area contributed by atoms with Crippen LogP contribution in [0.25, 0.3) is 43.6 Å². The summed E-state index contributed by atoms with van der Waals surface area (Å²) in [7, 11) is 0. The smallest absolute Gasteiger partial charge is 0.123 e. The third-order valence-electron chi connectivity index (χ3n) is 9.83. The second-order valence-corrected chi connectivity index (χ2v) is 13.0. The zero-order chi connectivity index (χ0) is 33.8. The quantitative estimate of drug-likeness (QED) is 0.167. The summed E-state index contributed by atoms with van der Waals surface area (Å²) in [6.45, 7) is 3.39. The molecule has 0 bridgehead atoms. The van der Waals surface area contributed by atoms with Crippen LogP contribution in [0, 0.1) is 18.6 Å². The molecule has 0 amide bonds. The van der Waals surface area contributed by atoms with Crippen LogP contribution in [0.3, 0.4) is 0 Å². The Kier molecular flexibility index (Phi) is 7.20. The topological polar surface area (TPSA) is 13.1 Å². The van der Waals surface area contributed by atoms with Gasteiger partial charge in [0.05, 0.1) is 0 Å². The lowest BCUT2D eigenvalue weighted by molar-refractivity contribution is 0.626. The lowest BCUT2D eigenvalue weighted by Crippen LogP contribution is -2.10. The number of hydrogen-bond acceptors (Lipinski definition) is 1. The average molecular weight is 654 g/mol. The van der Waals surface area contributed by atoms with E-state index in [1.54, 1.807) is 0 Å². The highest BCUT2D eigenvalue weighted by Gasteiger charge is 2.19. The minimum Gasteiger partial charge on any atom is -0.336 e. The molecule has 7 aromatic carbocycles. The summed E-state index contributed by atoms with van der Waals surface area (Å²) in [4.78, 5) is 2.33. The summed E-state index contributed by atoms with van der Waals surface area (Å²) in [6.07, 6.45) is 0. The number of benzene rings is 7. The molecule has 2 heterocycles. The van der Waals surface area contributed by atoms with Gasteiger partial charge in [0.1, 0.15) is 11.6 Å². The number of rotatable bonds is 7. The molecular weight excluding hydrogens is 621 g/mol. The van der Waals surface area contributed by atoms with Gasteiger partial charge in [-0.3, -0.25) is 0 Å². The molecule has 0 saturated heterocycles. The van der Waals surface area contributed by atoms with Gasteiger partial charge in [0.2, 0.25) is 0 Å². The highest BCUT2D eigenvalue weighted by atomic mass is 19.1. The van der Waals surface area contributed by atoms with Gasteiger partial charge in [0.15, 0.2) is 0 Å². The number of para-hydroxylation sites is 2. The van der Waals surface area contributed by atoms with E-state index in [9.17, 15) is 8.78 Å². The predicted octanol–water partition coefficient (Wildman–Crippen LogP) is 12.1. The van der Waals surface area contributed by atoms with E-state index in [0.29, 0.717) is 13.1 Å². The predicted molar refractivity (Wildman–Crippen MR) is 203 cm³/mol. The Morgan fingerprint density at radius 3 is 1.28 bits per heavy atom. The Morgan fingerprint density at radius 2 is 0.820 bits per heavy atom. The first-order valence-electron chi connectivity index (χ1n) is 16.9. The number of fused-ring (bicyclic) bond motifs is 6. The van der Waals surface area contributed by atoms with Crippen LogP contribution in [-0.4, -0.2) is 9.13 Å². The summed E-state index contributed by atoms with van der Waals surface area (Å²) in [5.41, 5.74) is 11.0. The summed E-state index contributed by atoms with van der Waals surface area (Å²) >= 11 is 0. The zero-order valence-electron chi connectivity index (χ0n) is 27.5. The van der Waals surface area contributed by atoms with Crippen LogP contribution < -0.4 is 4.90 Å². The van der Waals surface area contributed by atoms with Crippen LogP contribution in [0.1, 0.15) is 16.7 Å². The number of aromatic nitrogens is 2. The minimum absolute atomic E-state index is 0.229. The molecule has 242 valence electrons. The van der Waals surface area contributed by atoms with Crippen LogP contribution in [-0.2, 0) is 13.1 Å². The molecule has 0 fully saturated rings. The fourth-order valence-corrected chi connectivity index (χ4v) is 7.39. The normalized spacial score (nSPS) is 11.7. The second kappa shape index (κ2) is 12.0. The van der Waals surface area contributed by atoms with Gasteiger partial charge in [-0.2, -0.15) is 0 Å². The molecule has 0 aliphatic rings. The van der Waals surface area contributed by atoms with Crippen LogP contribution in [0.2, 0.25) is 0 Å². The van der Waals surface area contributed by atoms with Gasteiger partial charge in [-0.15, -0.1) is 0 Å². The number of halogens is 2. The number of aryl methyl sites for hydroxylation is 1. The van der Waals surface area contributed by atoms with E-state index in [1.165, 1.54) is 40.6 Å². The highest BCUT2D eigenvalue weighted by molar-refractivity contribution is 6.11. The van der Waals surface area contributed by atoms with Crippen LogP contribution in [0.5, 0.6) is 0 Å². The van der Waals surface area contributed by atoms with Crippen molar-refractivity contribution in [1.82, 2.24) is 9.13 Å². The first kappa shape index (κ1) is 29.9.